The molecule has 4 heteroatoms. The lowest BCUT2D eigenvalue weighted by Gasteiger charge is -2.32. The number of aromatic nitrogens is 1. The van der Waals surface area contributed by atoms with Crippen LogP contribution in [0.25, 0.3) is 0 Å². The number of carbonyl (C=O) groups is 1. The van der Waals surface area contributed by atoms with Crippen molar-refractivity contribution in [1.82, 2.24) is 0 Å². The highest BCUT2D eigenvalue weighted by Gasteiger charge is 2.36. The van der Waals surface area contributed by atoms with E-state index in [-0.39, 0.29) is 11.8 Å². The number of Topliss-reactive ketones (excluding diaryl/α,β-unsaturated/α-hetero) is 1. The zero-order valence-electron chi connectivity index (χ0n) is 15.7. The van der Waals surface area contributed by atoms with Gasteiger partial charge in [-0.3, -0.25) is 4.79 Å². The van der Waals surface area contributed by atoms with Crippen molar-refractivity contribution in [1.29, 1.82) is 0 Å². The highest BCUT2D eigenvalue weighted by atomic mass is 35.5. The number of ketones is 1. The topological polar surface area (TPSA) is 24.2 Å². The highest BCUT2D eigenvalue weighted by molar-refractivity contribution is 6.31. The minimum atomic E-state index is -0.0529. The summed E-state index contributed by atoms with van der Waals surface area (Å²) in [7, 11) is 0. The molecular weight excluding hydrogens is 356 g/mol. The average Bonchev–Trinajstić information content (AvgIpc) is 3.32. The summed E-state index contributed by atoms with van der Waals surface area (Å²) in [5.74, 6) is 1.07. The van der Waals surface area contributed by atoms with Crippen molar-refractivity contribution >= 4 is 23.1 Å². The molecule has 0 bridgehead atoms. The molecule has 27 heavy (non-hydrogen) atoms. The van der Waals surface area contributed by atoms with Crippen molar-refractivity contribution in [2.24, 2.45) is 5.92 Å². The van der Waals surface area contributed by atoms with E-state index in [9.17, 15) is 4.79 Å². The number of anilines is 1. The summed E-state index contributed by atoms with van der Waals surface area (Å²) in [6.45, 7) is 2.08. The molecule has 0 radical (unpaired) electrons. The normalized spacial score (nSPS) is 22.2. The third kappa shape index (κ3) is 3.16. The van der Waals surface area contributed by atoms with Crippen LogP contribution in [0.15, 0.2) is 36.7 Å². The molecule has 1 fully saturated rings. The Kier molecular flexibility index (Phi) is 4.43. The standard InChI is InChI=1S/C23H26ClN2O/c24-19-7-5-17-6-8-22(23(27)20(17)13-19)26-12-9-18-15-25(11-10-21(18)26)14-16-3-1-2-4-16/h5,7,10-11,13,15-16,22H,1-4,6,8-9,12,14H2/q+1. The third-order valence-corrected chi connectivity index (χ3v) is 6.89. The largest absolute Gasteiger partial charge is 0.360 e. The smallest absolute Gasteiger partial charge is 0.185 e. The van der Waals surface area contributed by atoms with E-state index in [1.165, 1.54) is 36.9 Å². The fourth-order valence-electron chi connectivity index (χ4n) is 5.24. The molecule has 1 atom stereocenters. The number of pyridine rings is 1. The second kappa shape index (κ2) is 6.94. The Morgan fingerprint density at radius 1 is 1.07 bits per heavy atom. The first-order valence-electron chi connectivity index (χ1n) is 10.3. The molecule has 0 amide bonds. The van der Waals surface area contributed by atoms with Crippen LogP contribution in [0, 0.1) is 5.92 Å². The van der Waals surface area contributed by atoms with E-state index in [0.29, 0.717) is 5.02 Å². The molecule has 140 valence electrons. The van der Waals surface area contributed by atoms with Crippen molar-refractivity contribution in [2.45, 2.75) is 57.5 Å². The third-order valence-electron chi connectivity index (χ3n) is 6.65. The van der Waals surface area contributed by atoms with Crippen LogP contribution in [-0.2, 0) is 19.4 Å². The number of fused-ring (bicyclic) bond motifs is 2. The van der Waals surface area contributed by atoms with Crippen LogP contribution >= 0.6 is 11.6 Å². The second-order valence-electron chi connectivity index (χ2n) is 8.37. The summed E-state index contributed by atoms with van der Waals surface area (Å²) in [5, 5.41) is 0.650. The maximum atomic E-state index is 13.2. The van der Waals surface area contributed by atoms with E-state index in [4.69, 9.17) is 11.6 Å². The van der Waals surface area contributed by atoms with Crippen LogP contribution in [0.4, 0.5) is 5.69 Å². The van der Waals surface area contributed by atoms with Crippen LogP contribution in [-0.4, -0.2) is 18.4 Å². The minimum absolute atomic E-state index is 0.0529. The summed E-state index contributed by atoms with van der Waals surface area (Å²) in [4.78, 5) is 15.5. The number of halogens is 1. The number of hydrogen-bond acceptors (Lipinski definition) is 2. The summed E-state index contributed by atoms with van der Waals surface area (Å²) in [6, 6.07) is 7.93. The lowest BCUT2D eigenvalue weighted by molar-refractivity contribution is -0.703. The lowest BCUT2D eigenvalue weighted by atomic mass is 9.86. The highest BCUT2D eigenvalue weighted by Crippen LogP contribution is 2.34. The van der Waals surface area contributed by atoms with Gasteiger partial charge in [-0.1, -0.05) is 30.5 Å². The molecular formula is C23H26ClN2O+. The van der Waals surface area contributed by atoms with Crippen LogP contribution in [0.1, 0.15) is 53.6 Å². The fourth-order valence-corrected chi connectivity index (χ4v) is 5.41. The van der Waals surface area contributed by atoms with E-state index < -0.39 is 0 Å². The van der Waals surface area contributed by atoms with E-state index >= 15 is 0 Å². The van der Waals surface area contributed by atoms with Gasteiger partial charge in [0.2, 0.25) is 0 Å². The molecule has 0 N–H and O–H groups in total. The molecule has 0 spiro atoms. The maximum Gasteiger partial charge on any atom is 0.185 e. The molecule has 2 heterocycles. The van der Waals surface area contributed by atoms with Crippen molar-refractivity contribution in [3.05, 3.63) is 58.4 Å². The second-order valence-corrected chi connectivity index (χ2v) is 8.80. The number of benzene rings is 1. The summed E-state index contributed by atoms with van der Waals surface area (Å²) >= 11 is 6.15. The Morgan fingerprint density at radius 3 is 2.78 bits per heavy atom. The zero-order chi connectivity index (χ0) is 18.4. The molecule has 1 aromatic carbocycles. The first-order valence-corrected chi connectivity index (χ1v) is 10.7. The summed E-state index contributed by atoms with van der Waals surface area (Å²) in [6.07, 6.45) is 12.9. The van der Waals surface area contributed by atoms with E-state index in [2.05, 4.69) is 27.9 Å². The molecule has 0 saturated heterocycles. The van der Waals surface area contributed by atoms with Gasteiger partial charge in [0.25, 0.3) is 0 Å². The van der Waals surface area contributed by atoms with E-state index in [0.717, 1.165) is 49.4 Å². The Morgan fingerprint density at radius 2 is 1.93 bits per heavy atom. The van der Waals surface area contributed by atoms with Crippen molar-refractivity contribution < 1.29 is 9.36 Å². The van der Waals surface area contributed by atoms with E-state index in [1.807, 2.05) is 18.2 Å². The van der Waals surface area contributed by atoms with Gasteiger partial charge in [-0.05, 0) is 49.8 Å². The predicted octanol–water partition coefficient (Wildman–Crippen LogP) is 4.38. The van der Waals surface area contributed by atoms with Gasteiger partial charge in [0, 0.05) is 34.7 Å². The van der Waals surface area contributed by atoms with Gasteiger partial charge in [0.1, 0.15) is 0 Å². The average molecular weight is 382 g/mol. The van der Waals surface area contributed by atoms with Gasteiger partial charge in [-0.25, -0.2) is 4.57 Å². The SMILES string of the molecule is O=C1c2cc(Cl)ccc2CCC1N1CCc2c[n+](CC3CCCC3)ccc21. The Bertz CT molecular complexity index is 888. The first kappa shape index (κ1) is 17.2. The molecule has 3 nitrogen and oxygen atoms in total. The number of nitrogens with zero attached hydrogens (tertiary/aromatic N) is 2. The van der Waals surface area contributed by atoms with Crippen LogP contribution in [0.3, 0.4) is 0 Å². The molecule has 2 aliphatic carbocycles. The van der Waals surface area contributed by atoms with Crippen molar-refractivity contribution in [3.8, 4) is 0 Å². The fraction of sp³-hybridized carbons (Fsp3) is 0.478. The van der Waals surface area contributed by atoms with Gasteiger partial charge >= 0.3 is 0 Å². The van der Waals surface area contributed by atoms with Gasteiger partial charge in [0.05, 0.1) is 11.7 Å². The van der Waals surface area contributed by atoms with Crippen LogP contribution in [0.2, 0.25) is 5.02 Å². The zero-order valence-corrected chi connectivity index (χ0v) is 16.4. The molecule has 1 unspecified atom stereocenters. The summed E-state index contributed by atoms with van der Waals surface area (Å²) < 4.78 is 2.37. The number of hydrogen-bond donors (Lipinski definition) is 0. The van der Waals surface area contributed by atoms with Gasteiger partial charge in [0.15, 0.2) is 24.7 Å². The van der Waals surface area contributed by atoms with Gasteiger partial charge < -0.3 is 4.90 Å². The van der Waals surface area contributed by atoms with Crippen LogP contribution < -0.4 is 9.47 Å². The van der Waals surface area contributed by atoms with Gasteiger partial charge in [-0.2, -0.15) is 0 Å². The first-order chi connectivity index (χ1) is 13.2. The van der Waals surface area contributed by atoms with Crippen molar-refractivity contribution in [2.75, 3.05) is 11.4 Å². The monoisotopic (exact) mass is 381 g/mol. The Hall–Kier alpha value is -1.87. The Balaban J connectivity index is 1.38. The molecule has 5 rings (SSSR count). The molecule has 1 aliphatic heterocycles. The Labute approximate surface area is 166 Å². The summed E-state index contributed by atoms with van der Waals surface area (Å²) in [5.41, 5.74) is 4.60. The van der Waals surface area contributed by atoms with Crippen LogP contribution in [0.5, 0.6) is 0 Å². The predicted molar refractivity (Wildman–Crippen MR) is 108 cm³/mol. The molecule has 1 saturated carbocycles. The minimum Gasteiger partial charge on any atom is -0.360 e. The maximum absolute atomic E-state index is 13.2. The number of rotatable bonds is 3. The molecule has 2 aromatic rings. The molecule has 3 aliphatic rings. The van der Waals surface area contributed by atoms with E-state index in [1.54, 1.807) is 0 Å². The number of carbonyl (C=O) groups excluding carboxylic acids is 1. The van der Waals surface area contributed by atoms with Gasteiger partial charge in [-0.15, -0.1) is 0 Å². The molecule has 1 aromatic heterocycles. The van der Waals surface area contributed by atoms with Crippen molar-refractivity contribution in [3.63, 3.8) is 0 Å². The lowest BCUT2D eigenvalue weighted by Crippen LogP contribution is -2.43. The number of aryl methyl sites for hydroxylation is 1. The quantitative estimate of drug-likeness (QED) is 0.737.